The molecule has 8 nitrogen and oxygen atoms in total. The molecule has 0 bridgehead atoms. The lowest BCUT2D eigenvalue weighted by Gasteiger charge is -2.36. The molecule has 2 fully saturated rings. The van der Waals surface area contributed by atoms with Crippen molar-refractivity contribution >= 4 is 22.5 Å². The predicted octanol–water partition coefficient (Wildman–Crippen LogP) is 2.17. The smallest absolute Gasteiger partial charge is 0.274 e. The Balaban J connectivity index is 1.30. The van der Waals surface area contributed by atoms with Gasteiger partial charge in [0.25, 0.3) is 5.91 Å². The molecule has 1 aliphatic heterocycles. The van der Waals surface area contributed by atoms with Crippen LogP contribution in [0.2, 0.25) is 0 Å². The molecule has 0 unspecified atom stereocenters. The normalized spacial score (nSPS) is 16.8. The highest BCUT2D eigenvalue weighted by molar-refractivity contribution is 5.92. The highest BCUT2D eigenvalue weighted by Gasteiger charge is 2.24. The van der Waals surface area contributed by atoms with E-state index in [0.717, 1.165) is 36.3 Å². The average Bonchev–Trinajstić information content (AvgIpc) is 3.62. The first-order valence-corrected chi connectivity index (χ1v) is 9.96. The molecule has 0 radical (unpaired) electrons. The van der Waals surface area contributed by atoms with Crippen molar-refractivity contribution in [2.75, 3.05) is 37.7 Å². The van der Waals surface area contributed by atoms with E-state index in [1.165, 1.54) is 19.0 Å². The van der Waals surface area contributed by atoms with Gasteiger partial charge in [0.05, 0.1) is 23.7 Å². The molecule has 1 saturated carbocycles. The topological polar surface area (TPSA) is 84.3 Å². The summed E-state index contributed by atoms with van der Waals surface area (Å²) in [6.07, 6.45) is 8.67. The minimum Gasteiger partial charge on any atom is -0.477 e. The zero-order chi connectivity index (χ0) is 19.6. The number of rotatable bonds is 5. The molecular weight excluding hydrogens is 368 g/mol. The predicted molar refractivity (Wildman–Crippen MR) is 108 cm³/mol. The summed E-state index contributed by atoms with van der Waals surface area (Å²) in [4.78, 5) is 33.5. The fraction of sp³-hybridized carbons (Fsp3) is 0.381. The van der Waals surface area contributed by atoms with Crippen LogP contribution >= 0.6 is 0 Å². The number of piperazine rings is 1. The minimum atomic E-state index is -0.0691. The van der Waals surface area contributed by atoms with Crippen molar-refractivity contribution < 1.29 is 9.53 Å². The van der Waals surface area contributed by atoms with Crippen LogP contribution in [0.25, 0.3) is 10.9 Å². The molecule has 3 aromatic rings. The summed E-state index contributed by atoms with van der Waals surface area (Å²) >= 11 is 0. The fourth-order valence-electron chi connectivity index (χ4n) is 3.55. The van der Waals surface area contributed by atoms with Gasteiger partial charge in [-0.1, -0.05) is 0 Å². The molecule has 0 spiro atoms. The van der Waals surface area contributed by atoms with Crippen molar-refractivity contribution in [3.05, 3.63) is 48.8 Å². The second-order valence-electron chi connectivity index (χ2n) is 7.50. The molecule has 29 heavy (non-hydrogen) atoms. The zero-order valence-corrected chi connectivity index (χ0v) is 16.1. The van der Waals surface area contributed by atoms with Crippen LogP contribution in [0.1, 0.15) is 23.3 Å². The number of benzene rings is 1. The second-order valence-corrected chi connectivity index (χ2v) is 7.50. The Bertz CT molecular complexity index is 1020. The summed E-state index contributed by atoms with van der Waals surface area (Å²) in [7, 11) is 0. The van der Waals surface area contributed by atoms with Crippen LogP contribution in [0, 0.1) is 5.92 Å². The summed E-state index contributed by atoms with van der Waals surface area (Å²) in [6.45, 7) is 3.51. The third-order valence-corrected chi connectivity index (χ3v) is 5.45. The Morgan fingerprint density at radius 1 is 1.07 bits per heavy atom. The second kappa shape index (κ2) is 7.62. The van der Waals surface area contributed by atoms with E-state index in [2.05, 4.69) is 37.0 Å². The zero-order valence-electron chi connectivity index (χ0n) is 16.1. The summed E-state index contributed by atoms with van der Waals surface area (Å²) in [5.41, 5.74) is 2.36. The molecule has 0 N–H and O–H groups in total. The van der Waals surface area contributed by atoms with E-state index in [9.17, 15) is 4.79 Å². The Morgan fingerprint density at radius 3 is 2.69 bits per heavy atom. The van der Waals surface area contributed by atoms with E-state index < -0.39 is 0 Å². The van der Waals surface area contributed by atoms with Crippen LogP contribution in [0.5, 0.6) is 5.88 Å². The van der Waals surface area contributed by atoms with Gasteiger partial charge < -0.3 is 14.5 Å². The first-order valence-electron chi connectivity index (χ1n) is 9.96. The van der Waals surface area contributed by atoms with Crippen LogP contribution in [0.15, 0.2) is 43.1 Å². The van der Waals surface area contributed by atoms with Crippen molar-refractivity contribution in [1.29, 1.82) is 0 Å². The number of aromatic nitrogens is 4. The lowest BCUT2D eigenvalue weighted by molar-refractivity contribution is 0.0740. The highest BCUT2D eigenvalue weighted by atomic mass is 16.5. The van der Waals surface area contributed by atoms with Gasteiger partial charge in [-0.25, -0.2) is 15.0 Å². The first-order chi connectivity index (χ1) is 14.3. The maximum atomic E-state index is 12.6. The highest BCUT2D eigenvalue weighted by Crippen LogP contribution is 2.32. The number of hydrogen-bond donors (Lipinski definition) is 0. The van der Waals surface area contributed by atoms with E-state index in [1.807, 2.05) is 11.0 Å². The lowest BCUT2D eigenvalue weighted by Crippen LogP contribution is -2.49. The van der Waals surface area contributed by atoms with Gasteiger partial charge in [0.2, 0.25) is 5.88 Å². The molecule has 3 heterocycles. The largest absolute Gasteiger partial charge is 0.477 e. The molecule has 2 aromatic heterocycles. The van der Waals surface area contributed by atoms with Gasteiger partial charge in [0, 0.05) is 44.3 Å². The van der Waals surface area contributed by atoms with E-state index in [-0.39, 0.29) is 5.91 Å². The van der Waals surface area contributed by atoms with Crippen LogP contribution < -0.4 is 9.64 Å². The molecule has 1 amide bonds. The molecule has 1 aromatic carbocycles. The Hall–Kier alpha value is -3.29. The number of carbonyl (C=O) groups excluding carboxylic acids is 1. The molecule has 8 heteroatoms. The van der Waals surface area contributed by atoms with Gasteiger partial charge in [-0.2, -0.15) is 0 Å². The number of fused-ring (bicyclic) bond motifs is 1. The van der Waals surface area contributed by atoms with Crippen LogP contribution in [0.4, 0.5) is 5.69 Å². The van der Waals surface area contributed by atoms with Crippen LogP contribution in [-0.2, 0) is 0 Å². The van der Waals surface area contributed by atoms with E-state index in [4.69, 9.17) is 4.74 Å². The molecular formula is C21H22N6O2. The van der Waals surface area contributed by atoms with Crippen LogP contribution in [0.3, 0.4) is 0 Å². The molecule has 2 aliphatic rings. The number of carbonyl (C=O) groups is 1. The maximum absolute atomic E-state index is 12.6. The maximum Gasteiger partial charge on any atom is 0.274 e. The van der Waals surface area contributed by atoms with E-state index in [0.29, 0.717) is 30.6 Å². The quantitative estimate of drug-likeness (QED) is 0.660. The number of ether oxygens (including phenoxy) is 1. The average molecular weight is 390 g/mol. The number of hydrogen-bond acceptors (Lipinski definition) is 7. The van der Waals surface area contributed by atoms with Gasteiger partial charge in [-0.3, -0.25) is 9.78 Å². The van der Waals surface area contributed by atoms with E-state index >= 15 is 0 Å². The number of amides is 1. The van der Waals surface area contributed by atoms with Crippen molar-refractivity contribution in [3.63, 3.8) is 0 Å². The molecule has 5 rings (SSSR count). The first kappa shape index (κ1) is 17.8. The van der Waals surface area contributed by atoms with Gasteiger partial charge in [-0.15, -0.1) is 0 Å². The van der Waals surface area contributed by atoms with Gasteiger partial charge in [0.15, 0.2) is 0 Å². The third kappa shape index (κ3) is 3.83. The molecule has 148 valence electrons. The van der Waals surface area contributed by atoms with Gasteiger partial charge in [0.1, 0.15) is 12.0 Å². The minimum absolute atomic E-state index is 0.0691. The Morgan fingerprint density at radius 2 is 1.93 bits per heavy atom. The summed E-state index contributed by atoms with van der Waals surface area (Å²) in [5, 5.41) is 0.934. The third-order valence-electron chi connectivity index (χ3n) is 5.45. The number of anilines is 1. The molecule has 1 aliphatic carbocycles. The number of nitrogens with zero attached hydrogens (tertiary/aromatic N) is 6. The van der Waals surface area contributed by atoms with Crippen LogP contribution in [-0.4, -0.2) is 63.5 Å². The van der Waals surface area contributed by atoms with Gasteiger partial charge in [-0.05, 0) is 37.0 Å². The summed E-state index contributed by atoms with van der Waals surface area (Å²) in [5.74, 6) is 1.25. The van der Waals surface area contributed by atoms with Crippen molar-refractivity contribution in [2.24, 2.45) is 5.92 Å². The van der Waals surface area contributed by atoms with Gasteiger partial charge >= 0.3 is 0 Å². The lowest BCUT2D eigenvalue weighted by atomic mass is 10.2. The molecule has 0 atom stereocenters. The van der Waals surface area contributed by atoms with Crippen molar-refractivity contribution in [2.45, 2.75) is 12.8 Å². The Labute approximate surface area is 168 Å². The fourth-order valence-corrected chi connectivity index (χ4v) is 3.55. The monoisotopic (exact) mass is 390 g/mol. The summed E-state index contributed by atoms with van der Waals surface area (Å²) < 4.78 is 5.95. The van der Waals surface area contributed by atoms with Crippen molar-refractivity contribution in [1.82, 2.24) is 24.8 Å². The summed E-state index contributed by atoms with van der Waals surface area (Å²) in [6, 6.07) is 6.17. The Kier molecular flexibility index (Phi) is 4.67. The standard InChI is InChI=1S/C21H22N6O2/c28-21(19-12-22-5-6-23-19)27-9-7-26(8-10-27)16-3-4-18-17(11-16)20(25-14-24-18)29-13-15-1-2-15/h3-6,11-12,14-15H,1-2,7-10,13H2. The SMILES string of the molecule is O=C(c1cnccn1)N1CCN(c2ccc3ncnc(OCC4CC4)c3c2)CC1. The van der Waals surface area contributed by atoms with E-state index in [1.54, 1.807) is 18.7 Å². The van der Waals surface area contributed by atoms with Crippen molar-refractivity contribution in [3.8, 4) is 5.88 Å². The molecule has 1 saturated heterocycles.